The van der Waals surface area contributed by atoms with Crippen LogP contribution in [-0.2, 0) is 19.6 Å². The molecule has 28 heavy (non-hydrogen) atoms. The highest BCUT2D eigenvalue weighted by atomic mass is 16.1. The Bertz CT molecular complexity index is 945. The molecule has 0 saturated heterocycles. The molecule has 2 aromatic heterocycles. The molecule has 0 fully saturated rings. The van der Waals surface area contributed by atoms with E-state index >= 15 is 0 Å². The third-order valence-electron chi connectivity index (χ3n) is 4.80. The minimum absolute atomic E-state index is 0.154. The van der Waals surface area contributed by atoms with Gasteiger partial charge >= 0.3 is 0 Å². The van der Waals surface area contributed by atoms with Gasteiger partial charge in [-0.05, 0) is 24.1 Å². The molecule has 8 nitrogen and oxygen atoms in total. The standard InChI is InChI=1S/C20H25N7O/c1-15(2)11-25-7-8-26-17(12-25)9-16(24-26)10-22-20(28)18-5-3-4-6-19(18)27-14-21-13-23-27/h3-6,9,13-15H,7-8,10-12H2,1-2H3,(H,22,28). The van der Waals surface area contributed by atoms with Gasteiger partial charge in [0.25, 0.3) is 5.91 Å². The molecule has 0 saturated carbocycles. The van der Waals surface area contributed by atoms with Gasteiger partial charge in [-0.2, -0.15) is 10.2 Å². The van der Waals surface area contributed by atoms with E-state index in [1.807, 2.05) is 18.2 Å². The summed E-state index contributed by atoms with van der Waals surface area (Å²) in [7, 11) is 0. The number of fused-ring (bicyclic) bond motifs is 1. The number of carbonyl (C=O) groups is 1. The fraction of sp³-hybridized carbons (Fsp3) is 0.400. The van der Waals surface area contributed by atoms with E-state index in [1.165, 1.54) is 12.0 Å². The quantitative estimate of drug-likeness (QED) is 0.707. The number of carbonyl (C=O) groups excluding carboxylic acids is 1. The first-order valence-corrected chi connectivity index (χ1v) is 9.60. The summed E-state index contributed by atoms with van der Waals surface area (Å²) >= 11 is 0. The van der Waals surface area contributed by atoms with Gasteiger partial charge in [0.1, 0.15) is 12.7 Å². The van der Waals surface area contributed by atoms with Crippen LogP contribution in [0.15, 0.2) is 43.0 Å². The number of hydrogen-bond acceptors (Lipinski definition) is 5. The average molecular weight is 379 g/mol. The van der Waals surface area contributed by atoms with Crippen molar-refractivity contribution in [2.24, 2.45) is 5.92 Å². The van der Waals surface area contributed by atoms with Crippen molar-refractivity contribution in [1.29, 1.82) is 0 Å². The Labute approximate surface area is 164 Å². The van der Waals surface area contributed by atoms with E-state index in [-0.39, 0.29) is 5.91 Å². The van der Waals surface area contributed by atoms with Crippen LogP contribution in [0.3, 0.4) is 0 Å². The maximum atomic E-state index is 12.7. The van der Waals surface area contributed by atoms with Crippen molar-refractivity contribution in [3.05, 3.63) is 59.9 Å². The van der Waals surface area contributed by atoms with E-state index in [1.54, 1.807) is 17.1 Å². The van der Waals surface area contributed by atoms with E-state index in [0.717, 1.165) is 31.9 Å². The maximum Gasteiger partial charge on any atom is 0.253 e. The Balaban J connectivity index is 1.42. The van der Waals surface area contributed by atoms with E-state index in [4.69, 9.17) is 0 Å². The molecule has 1 N–H and O–H groups in total. The zero-order valence-electron chi connectivity index (χ0n) is 16.2. The minimum Gasteiger partial charge on any atom is -0.346 e. The summed E-state index contributed by atoms with van der Waals surface area (Å²) in [5, 5.41) is 11.8. The molecule has 3 aromatic rings. The largest absolute Gasteiger partial charge is 0.346 e. The SMILES string of the molecule is CC(C)CN1CCn2nc(CNC(=O)c3ccccc3-n3cncn3)cc2C1. The van der Waals surface area contributed by atoms with Crippen molar-refractivity contribution >= 4 is 5.91 Å². The summed E-state index contributed by atoms with van der Waals surface area (Å²) in [5.74, 6) is 0.497. The van der Waals surface area contributed by atoms with Gasteiger partial charge in [-0.3, -0.25) is 14.4 Å². The van der Waals surface area contributed by atoms with Gasteiger partial charge in [0.15, 0.2) is 0 Å². The molecule has 1 amide bonds. The predicted octanol–water partition coefficient (Wildman–Crippen LogP) is 1.87. The molecule has 0 atom stereocenters. The van der Waals surface area contributed by atoms with Gasteiger partial charge in [-0.15, -0.1) is 0 Å². The van der Waals surface area contributed by atoms with E-state index in [2.05, 4.69) is 50.0 Å². The van der Waals surface area contributed by atoms with Crippen LogP contribution < -0.4 is 5.32 Å². The molecular formula is C20H25N7O. The van der Waals surface area contributed by atoms with Gasteiger partial charge < -0.3 is 5.32 Å². The van der Waals surface area contributed by atoms with Crippen LogP contribution in [0, 0.1) is 5.92 Å². The van der Waals surface area contributed by atoms with Crippen molar-refractivity contribution in [1.82, 2.24) is 34.8 Å². The van der Waals surface area contributed by atoms with Crippen molar-refractivity contribution in [2.45, 2.75) is 33.5 Å². The molecule has 0 bridgehead atoms. The highest BCUT2D eigenvalue weighted by molar-refractivity contribution is 5.97. The van der Waals surface area contributed by atoms with Gasteiger partial charge in [0.2, 0.25) is 0 Å². The normalized spacial score (nSPS) is 14.2. The molecule has 146 valence electrons. The van der Waals surface area contributed by atoms with Gasteiger partial charge in [0, 0.05) is 19.6 Å². The molecule has 1 aromatic carbocycles. The Morgan fingerprint density at radius 2 is 2.11 bits per heavy atom. The molecule has 8 heteroatoms. The molecule has 0 radical (unpaired) electrons. The first-order chi connectivity index (χ1) is 13.6. The van der Waals surface area contributed by atoms with E-state index in [0.29, 0.717) is 23.7 Å². The van der Waals surface area contributed by atoms with E-state index < -0.39 is 0 Å². The highest BCUT2D eigenvalue weighted by Crippen LogP contribution is 2.16. The number of amides is 1. The average Bonchev–Trinajstić information content (AvgIpc) is 3.35. The monoisotopic (exact) mass is 379 g/mol. The number of nitrogens with one attached hydrogen (secondary N) is 1. The summed E-state index contributed by atoms with van der Waals surface area (Å²) in [4.78, 5) is 19.1. The number of benzene rings is 1. The zero-order chi connectivity index (χ0) is 19.5. The lowest BCUT2D eigenvalue weighted by Gasteiger charge is -2.28. The predicted molar refractivity (Wildman–Crippen MR) is 105 cm³/mol. The van der Waals surface area contributed by atoms with Crippen molar-refractivity contribution in [3.8, 4) is 5.69 Å². The van der Waals surface area contributed by atoms with Crippen LogP contribution in [0.4, 0.5) is 0 Å². The van der Waals surface area contributed by atoms with Crippen LogP contribution in [0.25, 0.3) is 5.69 Å². The molecule has 1 aliphatic rings. The lowest BCUT2D eigenvalue weighted by Crippen LogP contribution is -2.36. The fourth-order valence-electron chi connectivity index (χ4n) is 3.60. The Hall–Kier alpha value is -3.00. The number of rotatable bonds is 6. The molecule has 4 rings (SSSR count). The van der Waals surface area contributed by atoms with Gasteiger partial charge in [-0.25, -0.2) is 9.67 Å². The minimum atomic E-state index is -0.154. The second-order valence-electron chi connectivity index (χ2n) is 7.52. The topological polar surface area (TPSA) is 80.9 Å². The molecule has 0 spiro atoms. The lowest BCUT2D eigenvalue weighted by atomic mass is 10.1. The van der Waals surface area contributed by atoms with Crippen LogP contribution >= 0.6 is 0 Å². The molecule has 1 aliphatic heterocycles. The Morgan fingerprint density at radius 1 is 1.25 bits per heavy atom. The smallest absolute Gasteiger partial charge is 0.253 e. The molecule has 0 unspecified atom stereocenters. The Kier molecular flexibility index (Phi) is 5.21. The van der Waals surface area contributed by atoms with E-state index in [9.17, 15) is 4.79 Å². The van der Waals surface area contributed by atoms with Crippen molar-refractivity contribution < 1.29 is 4.79 Å². The third-order valence-corrected chi connectivity index (χ3v) is 4.80. The van der Waals surface area contributed by atoms with Gasteiger partial charge in [0.05, 0.1) is 35.7 Å². The number of para-hydroxylation sites is 1. The molecule has 3 heterocycles. The summed E-state index contributed by atoms with van der Waals surface area (Å²) in [6.45, 7) is 8.79. The van der Waals surface area contributed by atoms with Crippen LogP contribution in [0.2, 0.25) is 0 Å². The zero-order valence-corrected chi connectivity index (χ0v) is 16.2. The first-order valence-electron chi connectivity index (χ1n) is 9.60. The maximum absolute atomic E-state index is 12.7. The summed E-state index contributed by atoms with van der Waals surface area (Å²) in [5.41, 5.74) is 3.35. The summed E-state index contributed by atoms with van der Waals surface area (Å²) in [6.07, 6.45) is 3.03. The first kappa shape index (κ1) is 18.4. The highest BCUT2D eigenvalue weighted by Gasteiger charge is 2.19. The number of hydrogen-bond donors (Lipinski definition) is 1. The van der Waals surface area contributed by atoms with Crippen molar-refractivity contribution in [2.75, 3.05) is 13.1 Å². The summed E-state index contributed by atoms with van der Waals surface area (Å²) in [6, 6.07) is 9.45. The number of aromatic nitrogens is 5. The van der Waals surface area contributed by atoms with Crippen LogP contribution in [-0.4, -0.2) is 48.4 Å². The summed E-state index contributed by atoms with van der Waals surface area (Å²) < 4.78 is 3.65. The second kappa shape index (κ2) is 7.93. The van der Waals surface area contributed by atoms with Crippen LogP contribution in [0.1, 0.15) is 35.6 Å². The third kappa shape index (κ3) is 3.96. The molecular weight excluding hydrogens is 354 g/mol. The Morgan fingerprint density at radius 3 is 2.89 bits per heavy atom. The van der Waals surface area contributed by atoms with Crippen molar-refractivity contribution in [3.63, 3.8) is 0 Å². The molecule has 0 aliphatic carbocycles. The van der Waals surface area contributed by atoms with Crippen LogP contribution in [0.5, 0.6) is 0 Å². The lowest BCUT2D eigenvalue weighted by molar-refractivity contribution is 0.0950. The fourth-order valence-corrected chi connectivity index (χ4v) is 3.60. The number of nitrogens with zero attached hydrogens (tertiary/aromatic N) is 6. The second-order valence-corrected chi connectivity index (χ2v) is 7.52. The van der Waals surface area contributed by atoms with Gasteiger partial charge in [-0.1, -0.05) is 26.0 Å².